The van der Waals surface area contributed by atoms with Crippen LogP contribution in [0.5, 0.6) is 0 Å². The molecule has 2 rings (SSSR count). The van der Waals surface area contributed by atoms with E-state index in [1.165, 1.54) is 5.69 Å². The van der Waals surface area contributed by atoms with Crippen molar-refractivity contribution in [2.45, 2.75) is 19.9 Å². The Balaban J connectivity index is 2.13. The predicted octanol–water partition coefficient (Wildman–Crippen LogP) is 1.11. The highest BCUT2D eigenvalue weighted by atomic mass is 16.3. The van der Waals surface area contributed by atoms with Crippen LogP contribution in [0, 0.1) is 6.92 Å². The van der Waals surface area contributed by atoms with Gasteiger partial charge in [0, 0.05) is 19.3 Å². The number of aliphatic hydroxyl groups is 1. The molecule has 0 amide bonds. The Morgan fingerprint density at radius 2 is 2.31 bits per heavy atom. The van der Waals surface area contributed by atoms with E-state index in [1.807, 2.05) is 31.3 Å². The molecule has 0 aliphatic rings. The van der Waals surface area contributed by atoms with Gasteiger partial charge in [-0.2, -0.15) is 0 Å². The molecule has 16 heavy (non-hydrogen) atoms. The van der Waals surface area contributed by atoms with Crippen molar-refractivity contribution >= 4 is 5.65 Å². The molecule has 0 unspecified atom stereocenters. The number of hydrogen-bond donors (Lipinski definition) is 2. The average molecular weight is 219 g/mol. The van der Waals surface area contributed by atoms with Crippen LogP contribution in [0.25, 0.3) is 5.65 Å². The Kier molecular flexibility index (Phi) is 3.54. The second kappa shape index (κ2) is 5.09. The van der Waals surface area contributed by atoms with Gasteiger partial charge < -0.3 is 14.8 Å². The summed E-state index contributed by atoms with van der Waals surface area (Å²) in [6, 6.07) is 6.00. The molecule has 0 bridgehead atoms. The minimum atomic E-state index is 0.235. The van der Waals surface area contributed by atoms with Gasteiger partial charge in [0.1, 0.15) is 5.65 Å². The molecule has 0 aromatic carbocycles. The third kappa shape index (κ3) is 2.23. The maximum Gasteiger partial charge on any atom is 0.137 e. The standard InChI is InChI=1S/C12H17N3O/c1-10-11(9-13-6-4-8-16)15-7-3-2-5-12(15)14-10/h2-3,5,7,13,16H,4,6,8-9H2,1H3. The van der Waals surface area contributed by atoms with Crippen LogP contribution in [0.1, 0.15) is 17.8 Å². The summed E-state index contributed by atoms with van der Waals surface area (Å²) < 4.78 is 2.10. The summed E-state index contributed by atoms with van der Waals surface area (Å²) in [4.78, 5) is 4.49. The minimum Gasteiger partial charge on any atom is -0.396 e. The third-order valence-electron chi connectivity index (χ3n) is 2.63. The summed E-state index contributed by atoms with van der Waals surface area (Å²) in [5.74, 6) is 0. The topological polar surface area (TPSA) is 49.6 Å². The van der Waals surface area contributed by atoms with Crippen LogP contribution in [0.2, 0.25) is 0 Å². The first-order valence-corrected chi connectivity index (χ1v) is 5.57. The first-order chi connectivity index (χ1) is 7.83. The Labute approximate surface area is 94.9 Å². The molecule has 0 radical (unpaired) electrons. The van der Waals surface area contributed by atoms with Crippen molar-refractivity contribution in [2.75, 3.05) is 13.2 Å². The molecule has 0 saturated carbocycles. The molecule has 2 aromatic rings. The number of aromatic nitrogens is 2. The number of rotatable bonds is 5. The molecule has 2 N–H and O–H groups in total. The van der Waals surface area contributed by atoms with E-state index < -0.39 is 0 Å². The summed E-state index contributed by atoms with van der Waals surface area (Å²) in [6.07, 6.45) is 2.81. The van der Waals surface area contributed by atoms with Gasteiger partial charge in [0.25, 0.3) is 0 Å². The lowest BCUT2D eigenvalue weighted by Crippen LogP contribution is -2.17. The summed E-state index contributed by atoms with van der Waals surface area (Å²) >= 11 is 0. The Morgan fingerprint density at radius 3 is 3.12 bits per heavy atom. The SMILES string of the molecule is Cc1nc2ccccn2c1CNCCCO. The fourth-order valence-electron chi connectivity index (χ4n) is 1.79. The number of nitrogens with zero attached hydrogens (tertiary/aromatic N) is 2. The van der Waals surface area contributed by atoms with E-state index in [-0.39, 0.29) is 6.61 Å². The van der Waals surface area contributed by atoms with Crippen LogP contribution >= 0.6 is 0 Å². The number of fused-ring (bicyclic) bond motifs is 1. The van der Waals surface area contributed by atoms with Gasteiger partial charge in [0.05, 0.1) is 11.4 Å². The van der Waals surface area contributed by atoms with Crippen molar-refractivity contribution in [3.8, 4) is 0 Å². The van der Waals surface area contributed by atoms with Crippen molar-refractivity contribution in [1.82, 2.24) is 14.7 Å². The Morgan fingerprint density at radius 1 is 1.44 bits per heavy atom. The minimum absolute atomic E-state index is 0.235. The fraction of sp³-hybridized carbons (Fsp3) is 0.417. The first kappa shape index (κ1) is 11.1. The van der Waals surface area contributed by atoms with E-state index in [2.05, 4.69) is 14.7 Å². The quantitative estimate of drug-likeness (QED) is 0.741. The van der Waals surface area contributed by atoms with E-state index in [0.29, 0.717) is 0 Å². The zero-order chi connectivity index (χ0) is 11.4. The van der Waals surface area contributed by atoms with Gasteiger partial charge in [-0.25, -0.2) is 4.98 Å². The molecule has 4 nitrogen and oxygen atoms in total. The summed E-state index contributed by atoms with van der Waals surface area (Å²) in [5, 5.41) is 12.0. The smallest absolute Gasteiger partial charge is 0.137 e. The monoisotopic (exact) mass is 219 g/mol. The summed E-state index contributed by atoms with van der Waals surface area (Å²) in [6.45, 7) is 3.88. The van der Waals surface area contributed by atoms with E-state index in [9.17, 15) is 0 Å². The number of hydrogen-bond acceptors (Lipinski definition) is 3. The molecule has 0 saturated heterocycles. The molecule has 0 spiro atoms. The molecule has 0 aliphatic carbocycles. The van der Waals surface area contributed by atoms with E-state index in [4.69, 9.17) is 5.11 Å². The highest BCUT2D eigenvalue weighted by Crippen LogP contribution is 2.11. The van der Waals surface area contributed by atoms with Crippen molar-refractivity contribution in [2.24, 2.45) is 0 Å². The van der Waals surface area contributed by atoms with Gasteiger partial charge in [-0.15, -0.1) is 0 Å². The van der Waals surface area contributed by atoms with Crippen LogP contribution < -0.4 is 5.32 Å². The number of imidazole rings is 1. The first-order valence-electron chi connectivity index (χ1n) is 5.57. The molecule has 86 valence electrons. The highest BCUT2D eigenvalue weighted by Gasteiger charge is 2.06. The second-order valence-corrected chi connectivity index (χ2v) is 3.83. The zero-order valence-corrected chi connectivity index (χ0v) is 9.48. The van der Waals surface area contributed by atoms with Crippen molar-refractivity contribution in [3.05, 3.63) is 35.8 Å². The van der Waals surface area contributed by atoms with Gasteiger partial charge in [-0.1, -0.05) is 6.07 Å². The lowest BCUT2D eigenvalue weighted by molar-refractivity contribution is 0.286. The Bertz CT molecular complexity index is 464. The maximum absolute atomic E-state index is 8.69. The van der Waals surface area contributed by atoms with Crippen LogP contribution in [0.15, 0.2) is 24.4 Å². The zero-order valence-electron chi connectivity index (χ0n) is 9.48. The van der Waals surface area contributed by atoms with Crippen molar-refractivity contribution in [3.63, 3.8) is 0 Å². The lowest BCUT2D eigenvalue weighted by atomic mass is 10.3. The number of aliphatic hydroxyl groups excluding tert-OH is 1. The average Bonchev–Trinajstić information content (AvgIpc) is 2.61. The van der Waals surface area contributed by atoms with Gasteiger partial charge in [0.15, 0.2) is 0 Å². The molecule has 4 heteroatoms. The van der Waals surface area contributed by atoms with Crippen molar-refractivity contribution < 1.29 is 5.11 Å². The molecular weight excluding hydrogens is 202 g/mol. The molecular formula is C12H17N3O. The van der Waals surface area contributed by atoms with Gasteiger partial charge in [-0.05, 0) is 32.0 Å². The number of pyridine rings is 1. The van der Waals surface area contributed by atoms with Gasteiger partial charge >= 0.3 is 0 Å². The van der Waals surface area contributed by atoms with Gasteiger partial charge in [0.2, 0.25) is 0 Å². The largest absolute Gasteiger partial charge is 0.396 e. The number of nitrogens with one attached hydrogen (secondary N) is 1. The molecule has 2 aromatic heterocycles. The predicted molar refractivity (Wildman–Crippen MR) is 63.3 cm³/mol. The van der Waals surface area contributed by atoms with E-state index >= 15 is 0 Å². The Hall–Kier alpha value is -1.39. The molecule has 0 fully saturated rings. The maximum atomic E-state index is 8.69. The van der Waals surface area contributed by atoms with Crippen LogP contribution in [-0.4, -0.2) is 27.6 Å². The van der Waals surface area contributed by atoms with E-state index in [1.54, 1.807) is 0 Å². The second-order valence-electron chi connectivity index (χ2n) is 3.83. The van der Waals surface area contributed by atoms with Crippen LogP contribution in [-0.2, 0) is 6.54 Å². The third-order valence-corrected chi connectivity index (χ3v) is 2.63. The highest BCUT2D eigenvalue weighted by molar-refractivity contribution is 5.42. The lowest BCUT2D eigenvalue weighted by Gasteiger charge is -2.04. The van der Waals surface area contributed by atoms with Crippen LogP contribution in [0.4, 0.5) is 0 Å². The van der Waals surface area contributed by atoms with Crippen LogP contribution in [0.3, 0.4) is 0 Å². The summed E-state index contributed by atoms with van der Waals surface area (Å²) in [5.41, 5.74) is 3.23. The molecule has 0 atom stereocenters. The fourth-order valence-corrected chi connectivity index (χ4v) is 1.79. The normalized spacial score (nSPS) is 11.1. The number of aryl methyl sites for hydroxylation is 1. The van der Waals surface area contributed by atoms with Crippen molar-refractivity contribution in [1.29, 1.82) is 0 Å². The van der Waals surface area contributed by atoms with E-state index in [0.717, 1.165) is 30.9 Å². The molecule has 0 aliphatic heterocycles. The molecule has 2 heterocycles. The summed E-state index contributed by atoms with van der Waals surface area (Å²) in [7, 11) is 0. The van der Waals surface area contributed by atoms with Gasteiger partial charge in [-0.3, -0.25) is 0 Å².